The summed E-state index contributed by atoms with van der Waals surface area (Å²) in [5.74, 6) is 43.7. The zero-order valence-electron chi connectivity index (χ0n) is 83.3. The van der Waals surface area contributed by atoms with E-state index >= 15 is 0 Å². The Morgan fingerprint density at radius 2 is 0.492 bits per heavy atom. The summed E-state index contributed by atoms with van der Waals surface area (Å²) in [4.78, 5) is 0. The first-order valence-corrected chi connectivity index (χ1v) is 85.9. The molecule has 15 rings (SSSR count). The van der Waals surface area contributed by atoms with Gasteiger partial charge in [0.25, 0.3) is 0 Å². The Morgan fingerprint density at radius 1 is 0.266 bits per heavy atom. The van der Waals surface area contributed by atoms with Crippen LogP contribution in [0.5, 0.6) is 0 Å². The summed E-state index contributed by atoms with van der Waals surface area (Å²) < 4.78 is 20.4. The molecular formula is C114H168Ge5N5+5. The van der Waals surface area contributed by atoms with E-state index in [-0.39, 0.29) is 0 Å². The van der Waals surface area contributed by atoms with Gasteiger partial charge in [-0.05, 0) is 0 Å². The Bertz CT molecular complexity index is 5200. The van der Waals surface area contributed by atoms with Crippen molar-refractivity contribution in [3.8, 4) is 56.3 Å². The van der Waals surface area contributed by atoms with E-state index < -0.39 is 66.3 Å². The summed E-state index contributed by atoms with van der Waals surface area (Å²) in [5, 5.41) is 0. The van der Waals surface area contributed by atoms with Gasteiger partial charge in [-0.15, -0.1) is 0 Å². The van der Waals surface area contributed by atoms with Crippen LogP contribution in [0.25, 0.3) is 56.3 Å². The Kier molecular flexibility index (Phi) is 35.2. The molecule has 2 unspecified atom stereocenters. The van der Waals surface area contributed by atoms with Crippen LogP contribution < -0.4 is 44.8 Å². The minimum atomic E-state index is -1.94. The van der Waals surface area contributed by atoms with Crippen LogP contribution >= 0.6 is 0 Å². The van der Waals surface area contributed by atoms with Crippen LogP contribution in [-0.2, 0) is 48.1 Å². The first-order valence-electron chi connectivity index (χ1n) is 49.2. The van der Waals surface area contributed by atoms with Gasteiger partial charge >= 0.3 is 778 Å². The molecule has 5 aromatic carbocycles. The zero-order valence-corrected chi connectivity index (χ0v) is 93.8. The first kappa shape index (κ1) is 99.1. The van der Waals surface area contributed by atoms with Crippen LogP contribution in [0.2, 0.25) is 86.3 Å². The number of hydrogen-bond donors (Lipinski definition) is 0. The van der Waals surface area contributed by atoms with Gasteiger partial charge in [-0.2, -0.15) is 0 Å². The van der Waals surface area contributed by atoms with Crippen molar-refractivity contribution in [3.63, 3.8) is 0 Å². The average molecular weight is 1970 g/mol. The second-order valence-corrected chi connectivity index (χ2v) is 97.4. The van der Waals surface area contributed by atoms with E-state index in [1.54, 1.807) is 49.8 Å². The van der Waals surface area contributed by atoms with Crippen LogP contribution in [0, 0.1) is 58.3 Å². The van der Waals surface area contributed by atoms with Crippen molar-refractivity contribution in [2.45, 2.75) is 313 Å². The predicted molar refractivity (Wildman–Crippen MR) is 551 cm³/mol. The van der Waals surface area contributed by atoms with E-state index in [0.717, 1.165) is 29.6 Å². The van der Waals surface area contributed by atoms with Crippen molar-refractivity contribution in [1.29, 1.82) is 0 Å². The monoisotopic (exact) mass is 1980 g/mol. The molecule has 0 amide bonds. The van der Waals surface area contributed by atoms with E-state index in [0.29, 0.717) is 11.8 Å². The molecule has 0 bridgehead atoms. The fourth-order valence-corrected chi connectivity index (χ4v) is 40.1. The predicted octanol–water partition coefficient (Wildman–Crippen LogP) is 26.0. The molecule has 2 atom stereocenters. The molecule has 0 saturated heterocycles. The molecule has 5 aromatic heterocycles. The van der Waals surface area contributed by atoms with Crippen LogP contribution in [-0.4, -0.2) is 66.3 Å². The minimum absolute atomic E-state index is 0.680. The molecule has 0 aliphatic heterocycles. The molecule has 10 heteroatoms. The molecule has 664 valence electrons. The quantitative estimate of drug-likeness (QED) is 0.0568. The van der Waals surface area contributed by atoms with Crippen molar-refractivity contribution in [3.05, 3.63) is 238 Å². The number of aromatic nitrogens is 5. The van der Waals surface area contributed by atoms with Gasteiger partial charge in [-0.1, -0.05) is 0 Å². The van der Waals surface area contributed by atoms with E-state index in [1.165, 1.54) is 245 Å². The number of nitrogens with zero attached hydrogens (tertiary/aromatic N) is 5. The molecule has 0 N–H and O–H groups in total. The Morgan fingerprint density at radius 3 is 0.774 bits per heavy atom. The Balaban J connectivity index is 0.000000151. The summed E-state index contributed by atoms with van der Waals surface area (Å²) in [5.41, 5.74) is 28.9. The third kappa shape index (κ3) is 25.8. The molecule has 5 aliphatic rings. The SMILES string of the molecule is Cc1ccccc1-c1cc(C(C)C2CCCC2)[c]([Ge]([CH3])([CH3])[CH3])c[n+]1C.Cc1ccccc1-c1cc(C(C)C2CCCCC2)[c]([Ge]([CH3])([CH3])[CH3])c[n+]1C.Cc1ccccc1-c1cc(C2CCCCC2)[c]([Ge]([CH3])([CH3])[CH3])c[n+]1C.Cc1ccccc1-c1cc(CC2CCCC2)[c]([Ge]([CH3])([CH3])[CH3])c[n+]1C.Cc1ccccc1-c1cc(CC2CCCCC2)[c]([Ge]([CH3])([CH3])[CH3])c[n+]1C. The summed E-state index contributed by atoms with van der Waals surface area (Å²) in [6.07, 6.45) is 47.6. The molecule has 5 fully saturated rings. The van der Waals surface area contributed by atoms with E-state index in [9.17, 15) is 0 Å². The third-order valence-electron chi connectivity index (χ3n) is 29.5. The van der Waals surface area contributed by atoms with E-state index in [1.807, 2.05) is 0 Å². The zero-order chi connectivity index (χ0) is 89.8. The van der Waals surface area contributed by atoms with Crippen LogP contribution in [0.4, 0.5) is 0 Å². The van der Waals surface area contributed by atoms with Gasteiger partial charge in [-0.25, -0.2) is 0 Å². The van der Waals surface area contributed by atoms with Gasteiger partial charge in [-0.3, -0.25) is 0 Å². The molecule has 0 spiro atoms. The van der Waals surface area contributed by atoms with Gasteiger partial charge in [0.1, 0.15) is 0 Å². The molecule has 0 radical (unpaired) electrons. The van der Waals surface area contributed by atoms with Crippen LogP contribution in [0.15, 0.2) is 183 Å². The number of pyridine rings is 5. The Hall–Kier alpha value is -5.44. The van der Waals surface area contributed by atoms with Crippen molar-refractivity contribution in [2.75, 3.05) is 0 Å². The fourth-order valence-electron chi connectivity index (χ4n) is 21.9. The Labute approximate surface area is 770 Å². The summed E-state index contributed by atoms with van der Waals surface area (Å²) in [6.45, 7) is 16.1. The van der Waals surface area contributed by atoms with E-state index in [4.69, 9.17) is 0 Å². The van der Waals surface area contributed by atoms with Crippen molar-refractivity contribution in [1.82, 2.24) is 0 Å². The standard InChI is InChI=1S/C24H36GeN.2C23H34GeN.2C22H32GeN/c1-18-12-10-11-15-21(18)24-16-22(19(2)20-13-8-7-9-14-20)23(17-26(24)6)25(3,4)5;1-17-11-7-10-14-20(17)23-15-21(18(2)19-12-8-9-13-19)22(16-25(23)6)24(3,4)5;1-18-11-9-10-14-21(18)23-16-20(15-19-12-7-6-8-13-19)22(17-25(23)5)24(2,3)4;1-17-10-6-9-13-20(17)22-15-19(14-18-11-7-8-12-18)21(16-24(22)5)23(2,3)4;1-17-11-9-10-14-19(17)22-15-20(18-12-7-6-8-13-18)21(16-24(22)5)23(2,3)4/h10-12,15-17,19-20H,7-9,13-14H2,1-6H3;7,10-11,14-16,18-19H,8-9,12-13H2,1-6H3;9-11,14,16-17,19H,6-8,12-13,15H2,1-5H3;6,9-10,13,15-16,18H,7-8,11-12,14H2,1-5H3;9-11,14-16,18H,6-8,12-13H2,1-5H3/q5*+1. The number of aryl methyl sites for hydroxylation is 10. The maximum atomic E-state index is 2.55. The van der Waals surface area contributed by atoms with Gasteiger partial charge in [0, 0.05) is 0 Å². The molecular weight excluding hydrogens is 1800 g/mol. The van der Waals surface area contributed by atoms with Crippen molar-refractivity contribution in [2.24, 2.45) is 58.9 Å². The van der Waals surface area contributed by atoms with E-state index in [2.05, 4.69) is 376 Å². The third-order valence-corrected chi connectivity index (χ3v) is 51.0. The van der Waals surface area contributed by atoms with Crippen molar-refractivity contribution >= 4 is 88.3 Å². The van der Waals surface area contributed by atoms with Crippen molar-refractivity contribution < 1.29 is 22.8 Å². The number of benzene rings is 5. The topological polar surface area (TPSA) is 19.4 Å². The summed E-state index contributed by atoms with van der Waals surface area (Å²) in [7, 11) is 11.1. The molecule has 5 saturated carbocycles. The van der Waals surface area contributed by atoms with Crippen LogP contribution in [0.1, 0.15) is 235 Å². The number of rotatable bonds is 19. The molecule has 10 aromatic rings. The fraction of sp³-hybridized carbons (Fsp3) is 0.518. The second kappa shape index (κ2) is 44.0. The number of hydrogen-bond acceptors (Lipinski definition) is 0. The molecule has 124 heavy (non-hydrogen) atoms. The summed E-state index contributed by atoms with van der Waals surface area (Å²) >= 11 is -9.52. The normalized spacial score (nSPS) is 16.6. The summed E-state index contributed by atoms with van der Waals surface area (Å²) in [6, 6.07) is 56.7. The van der Waals surface area contributed by atoms with Crippen LogP contribution in [0.3, 0.4) is 0 Å². The molecule has 5 nitrogen and oxygen atoms in total. The maximum absolute atomic E-state index is 2.55. The van der Waals surface area contributed by atoms with Gasteiger partial charge in [0.15, 0.2) is 0 Å². The molecule has 5 aliphatic carbocycles. The van der Waals surface area contributed by atoms with Gasteiger partial charge < -0.3 is 0 Å². The first-order chi connectivity index (χ1) is 58.7. The van der Waals surface area contributed by atoms with Gasteiger partial charge in [0.2, 0.25) is 0 Å². The second-order valence-electron chi connectivity index (χ2n) is 44.6. The molecule has 5 heterocycles. The van der Waals surface area contributed by atoms with Gasteiger partial charge in [0.05, 0.1) is 0 Å². The average Bonchev–Trinajstić information content (AvgIpc) is 0.862.